The van der Waals surface area contributed by atoms with Crippen LogP contribution in [-0.2, 0) is 0 Å². The van der Waals surface area contributed by atoms with Crippen LogP contribution in [0, 0.1) is 11.8 Å². The van der Waals surface area contributed by atoms with Gasteiger partial charge in [0.2, 0.25) is 0 Å². The van der Waals surface area contributed by atoms with E-state index in [0.717, 1.165) is 12.2 Å². The molecule has 1 aliphatic heterocycles. The van der Waals surface area contributed by atoms with E-state index in [1.165, 1.54) is 6.42 Å². The standard InChI is InChI=1S/C14H22N4O/c1-9-7-10(2)11(3)18(8-9)12-5-4-6-16-13(12)14(15)17-19/h4-6,9-11,19H,7-8H2,1-3H3,(H2,15,17). The Bertz CT molecular complexity index is 474. The second kappa shape index (κ2) is 5.47. The third kappa shape index (κ3) is 2.64. The van der Waals surface area contributed by atoms with E-state index in [-0.39, 0.29) is 5.84 Å². The molecule has 1 fully saturated rings. The molecule has 1 aromatic heterocycles. The molecule has 2 heterocycles. The normalized spacial score (nSPS) is 28.5. The molecule has 0 amide bonds. The Labute approximate surface area is 114 Å². The summed E-state index contributed by atoms with van der Waals surface area (Å²) in [6, 6.07) is 4.30. The molecule has 1 aliphatic rings. The van der Waals surface area contributed by atoms with Crippen molar-refractivity contribution < 1.29 is 5.21 Å². The van der Waals surface area contributed by atoms with Gasteiger partial charge in [0.25, 0.3) is 0 Å². The highest BCUT2D eigenvalue weighted by Crippen LogP contribution is 2.32. The molecule has 0 radical (unpaired) electrons. The van der Waals surface area contributed by atoms with Crippen molar-refractivity contribution in [3.63, 3.8) is 0 Å². The minimum atomic E-state index is 0.0636. The molecule has 5 nitrogen and oxygen atoms in total. The zero-order valence-electron chi connectivity index (χ0n) is 11.7. The molecule has 0 spiro atoms. The first kappa shape index (κ1) is 13.6. The van der Waals surface area contributed by atoms with Crippen LogP contribution in [0.15, 0.2) is 23.5 Å². The molecule has 0 aliphatic carbocycles. The predicted octanol–water partition coefficient (Wildman–Crippen LogP) is 2.05. The van der Waals surface area contributed by atoms with Gasteiger partial charge in [0.1, 0.15) is 5.69 Å². The van der Waals surface area contributed by atoms with E-state index in [2.05, 4.69) is 35.8 Å². The molecular formula is C14H22N4O. The summed E-state index contributed by atoms with van der Waals surface area (Å²) in [6.45, 7) is 7.73. The quantitative estimate of drug-likeness (QED) is 0.370. The number of nitrogens with zero attached hydrogens (tertiary/aromatic N) is 3. The smallest absolute Gasteiger partial charge is 0.190 e. The maximum atomic E-state index is 8.89. The Morgan fingerprint density at radius 1 is 1.47 bits per heavy atom. The van der Waals surface area contributed by atoms with E-state index < -0.39 is 0 Å². The second-order valence-corrected chi connectivity index (χ2v) is 5.57. The highest BCUT2D eigenvalue weighted by Gasteiger charge is 2.30. The van der Waals surface area contributed by atoms with E-state index in [4.69, 9.17) is 10.9 Å². The van der Waals surface area contributed by atoms with Crippen molar-refractivity contribution in [3.05, 3.63) is 24.0 Å². The van der Waals surface area contributed by atoms with Gasteiger partial charge in [-0.3, -0.25) is 4.98 Å². The van der Waals surface area contributed by atoms with Gasteiger partial charge in [-0.15, -0.1) is 0 Å². The molecule has 3 unspecified atom stereocenters. The van der Waals surface area contributed by atoms with Crippen molar-refractivity contribution in [2.24, 2.45) is 22.7 Å². The highest BCUT2D eigenvalue weighted by molar-refractivity contribution is 6.00. The Balaban J connectivity index is 2.40. The van der Waals surface area contributed by atoms with Crippen LogP contribution >= 0.6 is 0 Å². The third-order valence-corrected chi connectivity index (χ3v) is 4.04. The minimum absolute atomic E-state index is 0.0636. The van der Waals surface area contributed by atoms with Gasteiger partial charge in [0.05, 0.1) is 5.69 Å². The summed E-state index contributed by atoms with van der Waals surface area (Å²) >= 11 is 0. The Hall–Kier alpha value is -1.78. The van der Waals surface area contributed by atoms with Crippen LogP contribution in [0.5, 0.6) is 0 Å². The fraction of sp³-hybridized carbons (Fsp3) is 0.571. The largest absolute Gasteiger partial charge is 0.409 e. The Morgan fingerprint density at radius 3 is 2.89 bits per heavy atom. The molecule has 2 rings (SSSR count). The van der Waals surface area contributed by atoms with E-state index in [9.17, 15) is 0 Å². The van der Waals surface area contributed by atoms with E-state index >= 15 is 0 Å². The maximum absolute atomic E-state index is 8.89. The number of hydrogen-bond acceptors (Lipinski definition) is 4. The minimum Gasteiger partial charge on any atom is -0.409 e. The van der Waals surface area contributed by atoms with Crippen molar-refractivity contribution in [2.45, 2.75) is 33.2 Å². The summed E-state index contributed by atoms with van der Waals surface area (Å²) in [5.41, 5.74) is 7.23. The van der Waals surface area contributed by atoms with Crippen LogP contribution in [0.1, 0.15) is 32.9 Å². The number of pyridine rings is 1. The number of hydrogen-bond donors (Lipinski definition) is 2. The van der Waals surface area contributed by atoms with Gasteiger partial charge in [0, 0.05) is 18.8 Å². The highest BCUT2D eigenvalue weighted by atomic mass is 16.4. The van der Waals surface area contributed by atoms with Crippen molar-refractivity contribution in [1.82, 2.24) is 4.98 Å². The summed E-state index contributed by atoms with van der Waals surface area (Å²) < 4.78 is 0. The fourth-order valence-corrected chi connectivity index (χ4v) is 2.91. The van der Waals surface area contributed by atoms with Gasteiger partial charge in [0.15, 0.2) is 5.84 Å². The third-order valence-electron chi connectivity index (χ3n) is 4.04. The summed E-state index contributed by atoms with van der Waals surface area (Å²) in [6.07, 6.45) is 2.90. The Morgan fingerprint density at radius 2 is 2.21 bits per heavy atom. The lowest BCUT2D eigenvalue weighted by Gasteiger charge is -2.43. The zero-order valence-corrected chi connectivity index (χ0v) is 11.7. The SMILES string of the molecule is CC1CC(C)C(C)N(c2cccnc2/C(N)=N/O)C1. The molecule has 0 saturated carbocycles. The van der Waals surface area contributed by atoms with Crippen molar-refractivity contribution in [1.29, 1.82) is 0 Å². The summed E-state index contributed by atoms with van der Waals surface area (Å²) in [5, 5.41) is 12.0. The van der Waals surface area contributed by atoms with Crippen LogP contribution in [0.4, 0.5) is 5.69 Å². The topological polar surface area (TPSA) is 74.7 Å². The average Bonchev–Trinajstić information content (AvgIpc) is 2.42. The number of anilines is 1. The molecular weight excluding hydrogens is 240 g/mol. The van der Waals surface area contributed by atoms with Gasteiger partial charge < -0.3 is 15.8 Å². The number of oxime groups is 1. The molecule has 3 N–H and O–H groups in total. The number of aromatic nitrogens is 1. The lowest BCUT2D eigenvalue weighted by Crippen LogP contribution is -2.46. The van der Waals surface area contributed by atoms with E-state index in [1.807, 2.05) is 12.1 Å². The number of piperidine rings is 1. The van der Waals surface area contributed by atoms with Crippen molar-refractivity contribution in [3.8, 4) is 0 Å². The van der Waals surface area contributed by atoms with E-state index in [0.29, 0.717) is 23.6 Å². The van der Waals surface area contributed by atoms with Gasteiger partial charge in [-0.2, -0.15) is 0 Å². The van der Waals surface area contributed by atoms with Gasteiger partial charge in [-0.05, 0) is 37.3 Å². The van der Waals surface area contributed by atoms with Gasteiger partial charge in [-0.1, -0.05) is 19.0 Å². The average molecular weight is 262 g/mol. The van der Waals surface area contributed by atoms with Crippen molar-refractivity contribution in [2.75, 3.05) is 11.4 Å². The molecule has 1 saturated heterocycles. The monoisotopic (exact) mass is 262 g/mol. The van der Waals surface area contributed by atoms with Crippen molar-refractivity contribution >= 4 is 11.5 Å². The van der Waals surface area contributed by atoms with Crippen LogP contribution in [0.25, 0.3) is 0 Å². The second-order valence-electron chi connectivity index (χ2n) is 5.57. The number of amidine groups is 1. The molecule has 3 atom stereocenters. The van der Waals surface area contributed by atoms with Crippen LogP contribution in [-0.4, -0.2) is 28.6 Å². The molecule has 104 valence electrons. The first-order valence-electron chi connectivity index (χ1n) is 6.74. The molecule has 5 heteroatoms. The summed E-state index contributed by atoms with van der Waals surface area (Å²) in [5.74, 6) is 1.31. The first-order chi connectivity index (χ1) is 9.04. The van der Waals surface area contributed by atoms with Crippen LogP contribution < -0.4 is 10.6 Å². The predicted molar refractivity (Wildman–Crippen MR) is 76.5 cm³/mol. The molecule has 0 aromatic carbocycles. The van der Waals surface area contributed by atoms with Crippen LogP contribution in [0.2, 0.25) is 0 Å². The molecule has 1 aromatic rings. The van der Waals surface area contributed by atoms with E-state index in [1.54, 1.807) is 6.20 Å². The van der Waals surface area contributed by atoms with Crippen LogP contribution in [0.3, 0.4) is 0 Å². The van der Waals surface area contributed by atoms with Gasteiger partial charge in [-0.25, -0.2) is 0 Å². The van der Waals surface area contributed by atoms with Gasteiger partial charge >= 0.3 is 0 Å². The number of rotatable bonds is 2. The zero-order chi connectivity index (χ0) is 14.0. The first-order valence-corrected chi connectivity index (χ1v) is 6.74. The number of nitrogens with two attached hydrogens (primary N) is 1. The summed E-state index contributed by atoms with van der Waals surface area (Å²) in [4.78, 5) is 6.57. The lowest BCUT2D eigenvalue weighted by molar-refractivity contribution is 0.296. The molecule has 0 bridgehead atoms. The fourth-order valence-electron chi connectivity index (χ4n) is 2.91. The summed E-state index contributed by atoms with van der Waals surface area (Å²) in [7, 11) is 0. The lowest BCUT2D eigenvalue weighted by atomic mass is 9.85. The Kier molecular flexibility index (Phi) is 3.93. The maximum Gasteiger partial charge on any atom is 0.190 e. The molecule has 19 heavy (non-hydrogen) atoms.